The van der Waals surface area contributed by atoms with E-state index in [0.717, 1.165) is 37.4 Å². The van der Waals surface area contributed by atoms with Crippen LogP contribution in [-0.4, -0.2) is 22.6 Å². The molecule has 0 radical (unpaired) electrons. The highest BCUT2D eigenvalue weighted by Gasteiger charge is 2.16. The first kappa shape index (κ1) is 16.3. The summed E-state index contributed by atoms with van der Waals surface area (Å²) in [6.45, 7) is 0.719. The number of benzene rings is 2. The summed E-state index contributed by atoms with van der Waals surface area (Å²) >= 11 is 0. The molecule has 0 saturated heterocycles. The van der Waals surface area contributed by atoms with Crippen molar-refractivity contribution in [3.05, 3.63) is 64.2 Å². The zero-order valence-corrected chi connectivity index (χ0v) is 14.5. The first-order valence-electron chi connectivity index (χ1n) is 8.64. The monoisotopic (exact) mass is 349 g/mol. The summed E-state index contributed by atoms with van der Waals surface area (Å²) in [5, 5.41) is 3.40. The van der Waals surface area contributed by atoms with Gasteiger partial charge in [-0.05, 0) is 55.3 Å². The third-order valence-corrected chi connectivity index (χ3v) is 4.68. The van der Waals surface area contributed by atoms with Crippen LogP contribution in [0.1, 0.15) is 29.0 Å². The van der Waals surface area contributed by atoms with Gasteiger partial charge in [-0.3, -0.25) is 14.2 Å². The number of anilines is 1. The molecule has 1 amide bonds. The maximum absolute atomic E-state index is 12.6. The van der Waals surface area contributed by atoms with Crippen LogP contribution in [0.5, 0.6) is 5.75 Å². The Balaban J connectivity index is 1.65. The second kappa shape index (κ2) is 6.63. The quantitative estimate of drug-likeness (QED) is 0.789. The van der Waals surface area contributed by atoms with E-state index in [1.165, 1.54) is 0 Å². The van der Waals surface area contributed by atoms with Gasteiger partial charge < -0.3 is 10.1 Å². The molecular formula is C20H19N3O3. The maximum atomic E-state index is 12.6. The summed E-state index contributed by atoms with van der Waals surface area (Å²) < 4.78 is 6.86. The Hall–Kier alpha value is -3.15. The van der Waals surface area contributed by atoms with Crippen LogP contribution in [-0.2, 0) is 13.0 Å². The van der Waals surface area contributed by atoms with Crippen molar-refractivity contribution in [1.82, 2.24) is 9.55 Å². The van der Waals surface area contributed by atoms with Crippen LogP contribution in [0.3, 0.4) is 0 Å². The van der Waals surface area contributed by atoms with Crippen LogP contribution in [0.4, 0.5) is 5.69 Å². The van der Waals surface area contributed by atoms with Gasteiger partial charge in [0.25, 0.3) is 11.5 Å². The molecule has 26 heavy (non-hydrogen) atoms. The van der Waals surface area contributed by atoms with Gasteiger partial charge in [-0.15, -0.1) is 0 Å². The van der Waals surface area contributed by atoms with Crippen LogP contribution in [0.15, 0.2) is 47.3 Å². The van der Waals surface area contributed by atoms with E-state index in [0.29, 0.717) is 22.2 Å². The van der Waals surface area contributed by atoms with Crippen LogP contribution in [0, 0.1) is 0 Å². The molecule has 6 heteroatoms. The minimum Gasteiger partial charge on any atom is -0.497 e. The van der Waals surface area contributed by atoms with Gasteiger partial charge in [-0.2, -0.15) is 0 Å². The van der Waals surface area contributed by atoms with E-state index < -0.39 is 0 Å². The second-order valence-corrected chi connectivity index (χ2v) is 6.36. The normalized spacial score (nSPS) is 13.3. The fraction of sp³-hybridized carbons (Fsp3) is 0.250. The Bertz CT molecular complexity index is 1040. The fourth-order valence-corrected chi connectivity index (χ4v) is 3.26. The highest BCUT2D eigenvalue weighted by Crippen LogP contribution is 2.19. The number of nitrogens with zero attached hydrogens (tertiary/aromatic N) is 2. The number of amides is 1. The van der Waals surface area contributed by atoms with Crippen LogP contribution in [0.2, 0.25) is 0 Å². The minimum absolute atomic E-state index is 0.0215. The molecule has 1 aromatic heterocycles. The zero-order chi connectivity index (χ0) is 18.1. The van der Waals surface area contributed by atoms with E-state index in [-0.39, 0.29) is 11.5 Å². The maximum Gasteiger partial charge on any atom is 0.261 e. The molecule has 0 fully saturated rings. The number of hydrogen-bond donors (Lipinski definition) is 1. The van der Waals surface area contributed by atoms with Crippen molar-refractivity contribution >= 4 is 22.5 Å². The third-order valence-electron chi connectivity index (χ3n) is 4.68. The minimum atomic E-state index is -0.239. The summed E-state index contributed by atoms with van der Waals surface area (Å²) in [4.78, 5) is 29.8. The molecule has 6 nitrogen and oxygen atoms in total. The average molecular weight is 349 g/mol. The highest BCUT2D eigenvalue weighted by atomic mass is 16.5. The van der Waals surface area contributed by atoms with Crippen molar-refractivity contribution in [1.29, 1.82) is 0 Å². The van der Waals surface area contributed by atoms with Crippen molar-refractivity contribution in [3.8, 4) is 5.75 Å². The van der Waals surface area contributed by atoms with E-state index in [2.05, 4.69) is 10.3 Å². The SMILES string of the molecule is COc1ccc(NC(=O)c2ccc3c(=O)n4c(nc3c2)CCCC4)cc1. The fourth-order valence-electron chi connectivity index (χ4n) is 3.26. The summed E-state index contributed by atoms with van der Waals surface area (Å²) in [5.74, 6) is 1.29. The number of hydrogen-bond acceptors (Lipinski definition) is 4. The molecule has 2 aromatic carbocycles. The van der Waals surface area contributed by atoms with Gasteiger partial charge in [0, 0.05) is 24.2 Å². The smallest absolute Gasteiger partial charge is 0.261 e. The summed E-state index contributed by atoms with van der Waals surface area (Å²) in [6, 6.07) is 12.2. The largest absolute Gasteiger partial charge is 0.497 e. The van der Waals surface area contributed by atoms with E-state index >= 15 is 0 Å². The van der Waals surface area contributed by atoms with E-state index in [1.807, 2.05) is 0 Å². The van der Waals surface area contributed by atoms with Gasteiger partial charge in [-0.25, -0.2) is 4.98 Å². The molecule has 132 valence electrons. The van der Waals surface area contributed by atoms with Gasteiger partial charge in [0.15, 0.2) is 0 Å². The molecule has 1 N–H and O–H groups in total. The average Bonchev–Trinajstić information content (AvgIpc) is 2.68. The standard InChI is InChI=1S/C20H19N3O3/c1-26-15-8-6-14(7-9-15)21-19(24)13-5-10-16-17(12-13)22-18-4-2-3-11-23(18)20(16)25/h5-10,12H,2-4,11H2,1H3,(H,21,24). The van der Waals surface area contributed by atoms with Crippen LogP contribution < -0.4 is 15.6 Å². The predicted octanol–water partition coefficient (Wildman–Crippen LogP) is 2.99. The van der Waals surface area contributed by atoms with Crippen molar-refractivity contribution in [2.75, 3.05) is 12.4 Å². The lowest BCUT2D eigenvalue weighted by Crippen LogP contribution is -2.28. The summed E-state index contributed by atoms with van der Waals surface area (Å²) in [5.41, 5.74) is 1.70. The summed E-state index contributed by atoms with van der Waals surface area (Å²) in [6.07, 6.45) is 2.84. The Kier molecular flexibility index (Phi) is 4.16. The zero-order valence-electron chi connectivity index (χ0n) is 14.5. The van der Waals surface area contributed by atoms with E-state index in [4.69, 9.17) is 4.74 Å². The second-order valence-electron chi connectivity index (χ2n) is 6.36. The van der Waals surface area contributed by atoms with Crippen LogP contribution >= 0.6 is 0 Å². The van der Waals surface area contributed by atoms with Crippen molar-refractivity contribution in [2.45, 2.75) is 25.8 Å². The molecule has 0 aliphatic carbocycles. The Morgan fingerprint density at radius 2 is 1.96 bits per heavy atom. The van der Waals surface area contributed by atoms with Crippen molar-refractivity contribution < 1.29 is 9.53 Å². The number of fused-ring (bicyclic) bond motifs is 2. The number of rotatable bonds is 3. The predicted molar refractivity (Wildman–Crippen MR) is 99.9 cm³/mol. The number of ether oxygens (including phenoxy) is 1. The van der Waals surface area contributed by atoms with Gasteiger partial charge in [0.2, 0.25) is 0 Å². The molecule has 2 heterocycles. The molecule has 0 bridgehead atoms. The lowest BCUT2D eigenvalue weighted by Gasteiger charge is -2.17. The molecular weight excluding hydrogens is 330 g/mol. The van der Waals surface area contributed by atoms with Crippen molar-refractivity contribution in [2.24, 2.45) is 0 Å². The number of nitrogens with one attached hydrogen (secondary N) is 1. The Morgan fingerprint density at radius 3 is 2.73 bits per heavy atom. The molecule has 0 unspecified atom stereocenters. The third kappa shape index (κ3) is 2.94. The van der Waals surface area contributed by atoms with Gasteiger partial charge in [-0.1, -0.05) is 0 Å². The molecule has 0 spiro atoms. The molecule has 0 saturated carbocycles. The highest BCUT2D eigenvalue weighted by molar-refractivity contribution is 6.06. The Labute approximate surface area is 150 Å². The first-order chi connectivity index (χ1) is 12.7. The Morgan fingerprint density at radius 1 is 1.15 bits per heavy atom. The van der Waals surface area contributed by atoms with Gasteiger partial charge in [0.05, 0.1) is 18.0 Å². The number of carbonyl (C=O) groups is 1. The van der Waals surface area contributed by atoms with Gasteiger partial charge >= 0.3 is 0 Å². The number of carbonyl (C=O) groups excluding carboxylic acids is 1. The molecule has 4 rings (SSSR count). The van der Waals surface area contributed by atoms with E-state index in [1.54, 1.807) is 54.1 Å². The lowest BCUT2D eigenvalue weighted by molar-refractivity contribution is 0.102. The first-order valence-corrected chi connectivity index (χ1v) is 8.64. The number of methoxy groups -OCH3 is 1. The van der Waals surface area contributed by atoms with Gasteiger partial charge in [0.1, 0.15) is 11.6 Å². The number of aryl methyl sites for hydroxylation is 1. The molecule has 3 aromatic rings. The lowest BCUT2D eigenvalue weighted by atomic mass is 10.1. The van der Waals surface area contributed by atoms with E-state index in [9.17, 15) is 9.59 Å². The molecule has 1 aliphatic rings. The van der Waals surface area contributed by atoms with Crippen LogP contribution in [0.25, 0.3) is 10.9 Å². The molecule has 0 atom stereocenters. The van der Waals surface area contributed by atoms with Crippen molar-refractivity contribution in [3.63, 3.8) is 0 Å². The molecule has 1 aliphatic heterocycles. The summed E-state index contributed by atoms with van der Waals surface area (Å²) in [7, 11) is 1.59. The number of aromatic nitrogens is 2. The topological polar surface area (TPSA) is 73.2 Å².